The number of likely N-dealkylation sites (tertiary alicyclic amines) is 1. The Bertz CT molecular complexity index is 365. The minimum Gasteiger partial charge on any atom is -0.371 e. The van der Waals surface area contributed by atoms with Gasteiger partial charge in [-0.2, -0.15) is 0 Å². The van der Waals surface area contributed by atoms with E-state index >= 15 is 0 Å². The molecule has 0 aliphatic carbocycles. The Morgan fingerprint density at radius 3 is 2.79 bits per heavy atom. The molecule has 2 fully saturated rings. The molecule has 0 aromatic heterocycles. The van der Waals surface area contributed by atoms with Gasteiger partial charge in [-0.3, -0.25) is 4.79 Å². The van der Waals surface area contributed by atoms with Crippen molar-refractivity contribution in [2.24, 2.45) is 0 Å². The molecule has 0 aromatic carbocycles. The molecule has 2 aliphatic heterocycles. The number of hydrogen-bond donors (Lipinski definition) is 1. The van der Waals surface area contributed by atoms with Crippen LogP contribution in [0.25, 0.3) is 0 Å². The molecule has 0 bridgehead atoms. The summed E-state index contributed by atoms with van der Waals surface area (Å²) in [5.41, 5.74) is 1.07. The van der Waals surface area contributed by atoms with Crippen molar-refractivity contribution in [2.45, 2.75) is 18.4 Å². The van der Waals surface area contributed by atoms with Crippen molar-refractivity contribution in [2.75, 3.05) is 39.8 Å². The fourth-order valence-corrected chi connectivity index (χ4v) is 2.88. The number of thioether (sulfide) groups is 1. The Balaban J connectivity index is 1.93. The van der Waals surface area contributed by atoms with Gasteiger partial charge in [-0.05, 0) is 25.3 Å². The van der Waals surface area contributed by atoms with Gasteiger partial charge >= 0.3 is 0 Å². The molecule has 1 N–H and O–H groups in total. The number of nitrogens with zero attached hydrogens (tertiary/aromatic N) is 2. The molecule has 1 spiro atoms. The van der Waals surface area contributed by atoms with Crippen LogP contribution in [0.1, 0.15) is 12.8 Å². The zero-order valence-corrected chi connectivity index (χ0v) is 12.1. The van der Waals surface area contributed by atoms with E-state index in [2.05, 4.69) is 11.9 Å². The first kappa shape index (κ1) is 14.6. The van der Waals surface area contributed by atoms with Crippen LogP contribution in [0.5, 0.6) is 0 Å². The van der Waals surface area contributed by atoms with Crippen LogP contribution >= 0.6 is 11.8 Å². The maximum absolute atomic E-state index is 12.0. The van der Waals surface area contributed by atoms with E-state index in [1.165, 1.54) is 17.3 Å². The van der Waals surface area contributed by atoms with Crippen molar-refractivity contribution in [1.82, 2.24) is 9.80 Å². The van der Waals surface area contributed by atoms with E-state index < -0.39 is 0 Å². The standard InChI is InChI=1S/C13H21N3O2S/c1-15-5-3-13(4-6-15)10-16(7-8-18-13)12(17)2-9-19-11-14/h2,9,11,14H,3-8,10H2,1H3/b9-2+,14-11?. The van der Waals surface area contributed by atoms with Gasteiger partial charge < -0.3 is 19.9 Å². The molecule has 0 radical (unpaired) electrons. The fraction of sp³-hybridized carbons (Fsp3) is 0.692. The predicted octanol–water partition coefficient (Wildman–Crippen LogP) is 1.16. The van der Waals surface area contributed by atoms with Crippen LogP contribution in [-0.2, 0) is 9.53 Å². The van der Waals surface area contributed by atoms with Crippen molar-refractivity contribution >= 4 is 23.2 Å². The number of carbonyl (C=O) groups excluding carboxylic acids is 1. The molecule has 5 nitrogen and oxygen atoms in total. The first-order valence-electron chi connectivity index (χ1n) is 6.58. The third kappa shape index (κ3) is 3.81. The van der Waals surface area contributed by atoms with Gasteiger partial charge in [0.2, 0.25) is 5.91 Å². The van der Waals surface area contributed by atoms with Crippen molar-refractivity contribution in [3.63, 3.8) is 0 Å². The van der Waals surface area contributed by atoms with Crippen LogP contribution in [0, 0.1) is 5.41 Å². The van der Waals surface area contributed by atoms with Crippen molar-refractivity contribution in [3.05, 3.63) is 11.5 Å². The van der Waals surface area contributed by atoms with Gasteiger partial charge in [0.05, 0.1) is 24.3 Å². The molecule has 0 atom stereocenters. The Labute approximate surface area is 118 Å². The number of nitrogens with one attached hydrogen (secondary N) is 1. The zero-order valence-electron chi connectivity index (χ0n) is 11.3. The Kier molecular flexibility index (Phi) is 5.01. The number of carbonyl (C=O) groups is 1. The quantitative estimate of drug-likeness (QED) is 0.480. The minimum atomic E-state index is -0.136. The third-order valence-corrected chi connectivity index (χ3v) is 4.24. The van der Waals surface area contributed by atoms with Crippen LogP contribution in [0.15, 0.2) is 11.5 Å². The van der Waals surface area contributed by atoms with Crippen LogP contribution in [-0.4, -0.2) is 66.7 Å². The maximum atomic E-state index is 12.0. The predicted molar refractivity (Wildman–Crippen MR) is 77.5 cm³/mol. The molecule has 0 unspecified atom stereocenters. The lowest BCUT2D eigenvalue weighted by atomic mass is 9.89. The summed E-state index contributed by atoms with van der Waals surface area (Å²) < 4.78 is 5.97. The summed E-state index contributed by atoms with van der Waals surface area (Å²) in [5.74, 6) is 0.0240. The first-order chi connectivity index (χ1) is 9.15. The average Bonchev–Trinajstić information content (AvgIpc) is 2.43. The number of rotatable bonds is 3. The molecule has 2 heterocycles. The molecular weight excluding hydrogens is 262 g/mol. The van der Waals surface area contributed by atoms with Crippen molar-refractivity contribution in [3.8, 4) is 0 Å². The van der Waals surface area contributed by atoms with Gasteiger partial charge in [-0.25, -0.2) is 0 Å². The number of amides is 1. The van der Waals surface area contributed by atoms with Gasteiger partial charge in [-0.15, -0.1) is 0 Å². The van der Waals surface area contributed by atoms with Gasteiger partial charge in [0.25, 0.3) is 0 Å². The summed E-state index contributed by atoms with van der Waals surface area (Å²) in [6.45, 7) is 4.04. The number of ether oxygens (including phenoxy) is 1. The Morgan fingerprint density at radius 1 is 1.37 bits per heavy atom. The van der Waals surface area contributed by atoms with Crippen LogP contribution in [0.4, 0.5) is 0 Å². The largest absolute Gasteiger partial charge is 0.371 e. The summed E-state index contributed by atoms with van der Waals surface area (Å²) in [6, 6.07) is 0. The lowest BCUT2D eigenvalue weighted by Crippen LogP contribution is -2.57. The Morgan fingerprint density at radius 2 is 2.11 bits per heavy atom. The van der Waals surface area contributed by atoms with Crippen LogP contribution < -0.4 is 0 Å². The zero-order chi connectivity index (χ0) is 13.7. The van der Waals surface area contributed by atoms with Crippen LogP contribution in [0.2, 0.25) is 0 Å². The third-order valence-electron chi connectivity index (χ3n) is 3.82. The van der Waals surface area contributed by atoms with Crippen molar-refractivity contribution < 1.29 is 9.53 Å². The lowest BCUT2D eigenvalue weighted by Gasteiger charge is -2.46. The monoisotopic (exact) mass is 283 g/mol. The highest BCUT2D eigenvalue weighted by molar-refractivity contribution is 8.14. The second-order valence-corrected chi connectivity index (χ2v) is 5.93. The summed E-state index contributed by atoms with van der Waals surface area (Å²) in [4.78, 5) is 16.2. The second-order valence-electron chi connectivity index (χ2n) is 5.15. The molecule has 0 aromatic rings. The molecule has 0 saturated carbocycles. The van der Waals surface area contributed by atoms with Gasteiger partial charge in [0, 0.05) is 25.7 Å². The molecular formula is C13H21N3O2S. The first-order valence-corrected chi connectivity index (χ1v) is 7.52. The van der Waals surface area contributed by atoms with Gasteiger partial charge in [0.15, 0.2) is 0 Å². The fourth-order valence-electron chi connectivity index (χ4n) is 2.60. The number of morpholine rings is 1. The smallest absolute Gasteiger partial charge is 0.247 e. The highest BCUT2D eigenvalue weighted by Crippen LogP contribution is 2.29. The van der Waals surface area contributed by atoms with E-state index in [1.54, 1.807) is 11.5 Å². The molecule has 19 heavy (non-hydrogen) atoms. The summed E-state index contributed by atoms with van der Waals surface area (Å²) in [6.07, 6.45) is 3.53. The number of hydrogen-bond acceptors (Lipinski definition) is 5. The topological polar surface area (TPSA) is 56.6 Å². The molecule has 6 heteroatoms. The van der Waals surface area contributed by atoms with E-state index in [0.717, 1.165) is 25.9 Å². The molecule has 2 aliphatic rings. The van der Waals surface area contributed by atoms with E-state index in [4.69, 9.17) is 10.1 Å². The second kappa shape index (κ2) is 6.54. The van der Waals surface area contributed by atoms with E-state index in [-0.39, 0.29) is 11.5 Å². The highest BCUT2D eigenvalue weighted by Gasteiger charge is 2.39. The highest BCUT2D eigenvalue weighted by atomic mass is 32.2. The maximum Gasteiger partial charge on any atom is 0.247 e. The molecule has 106 valence electrons. The Hall–Kier alpha value is -0.850. The van der Waals surface area contributed by atoms with Gasteiger partial charge in [-0.1, -0.05) is 11.8 Å². The normalized spacial score (nSPS) is 23.9. The van der Waals surface area contributed by atoms with E-state index in [1.807, 2.05) is 4.90 Å². The molecule has 2 rings (SSSR count). The van der Waals surface area contributed by atoms with E-state index in [9.17, 15) is 4.79 Å². The summed E-state index contributed by atoms with van der Waals surface area (Å²) in [5, 5.41) is 8.56. The molecule has 2 saturated heterocycles. The van der Waals surface area contributed by atoms with Gasteiger partial charge in [0.1, 0.15) is 0 Å². The van der Waals surface area contributed by atoms with Crippen LogP contribution in [0.3, 0.4) is 0 Å². The average molecular weight is 283 g/mol. The van der Waals surface area contributed by atoms with E-state index in [0.29, 0.717) is 19.7 Å². The van der Waals surface area contributed by atoms with Crippen molar-refractivity contribution in [1.29, 1.82) is 5.41 Å². The summed E-state index contributed by atoms with van der Waals surface area (Å²) in [7, 11) is 2.12. The SMILES string of the molecule is CN1CCC2(CC1)CN(C(=O)/C=C/SC=N)CCO2. The molecule has 1 amide bonds. The lowest BCUT2D eigenvalue weighted by molar-refractivity contribution is -0.154. The number of piperidine rings is 1. The summed E-state index contributed by atoms with van der Waals surface area (Å²) >= 11 is 1.20. The minimum absolute atomic E-state index is 0.0240.